The van der Waals surface area contributed by atoms with Gasteiger partial charge in [-0.2, -0.15) is 8.78 Å². The van der Waals surface area contributed by atoms with E-state index in [2.05, 4.69) is 10.6 Å². The number of hydrogen-bond donors (Lipinski definition) is 3. The van der Waals surface area contributed by atoms with Crippen LogP contribution in [0.1, 0.15) is 6.92 Å². The van der Waals surface area contributed by atoms with Crippen molar-refractivity contribution in [3.8, 4) is 0 Å². The maximum absolute atomic E-state index is 12.3. The lowest BCUT2D eigenvalue weighted by Crippen LogP contribution is -2.28. The van der Waals surface area contributed by atoms with Crippen molar-refractivity contribution >= 4 is 15.5 Å². The van der Waals surface area contributed by atoms with Crippen molar-refractivity contribution < 1.29 is 22.3 Å². The Kier molecular flexibility index (Phi) is 6.31. The molecular formula is C12H18F2N2O3S. The van der Waals surface area contributed by atoms with Crippen LogP contribution in [-0.4, -0.2) is 45.0 Å². The molecule has 0 saturated carbocycles. The molecule has 1 aromatic carbocycles. The van der Waals surface area contributed by atoms with E-state index in [0.29, 0.717) is 25.3 Å². The summed E-state index contributed by atoms with van der Waals surface area (Å²) in [6.07, 6.45) is -0.422. The fraction of sp³-hybridized carbons (Fsp3) is 0.500. The quantitative estimate of drug-likeness (QED) is 0.626. The van der Waals surface area contributed by atoms with E-state index < -0.39 is 26.6 Å². The summed E-state index contributed by atoms with van der Waals surface area (Å²) in [5.74, 6) is -3.41. The Morgan fingerprint density at radius 3 is 2.30 bits per heavy atom. The van der Waals surface area contributed by atoms with Gasteiger partial charge in [0.2, 0.25) is 9.84 Å². The standard InChI is InChI=1S/C12H18F2N2O3S/c1-9(17)8-15-6-7-16-10-2-4-11(5-3-10)20(18,19)12(13)14/h2-5,9,12,15-17H,6-8H2,1H3. The first-order chi connectivity index (χ1) is 9.34. The second kappa shape index (κ2) is 7.51. The molecule has 1 aromatic rings. The van der Waals surface area contributed by atoms with Crippen LogP contribution >= 0.6 is 0 Å². The normalized spacial score (nSPS) is 13.4. The summed E-state index contributed by atoms with van der Waals surface area (Å²) in [6.45, 7) is 3.32. The Morgan fingerprint density at radius 1 is 1.20 bits per heavy atom. The first-order valence-corrected chi connectivity index (χ1v) is 7.63. The molecule has 20 heavy (non-hydrogen) atoms. The average molecular weight is 308 g/mol. The summed E-state index contributed by atoms with van der Waals surface area (Å²) in [4.78, 5) is -0.398. The Balaban J connectivity index is 2.48. The minimum absolute atomic E-state index is 0.398. The average Bonchev–Trinajstić information content (AvgIpc) is 2.38. The number of alkyl halides is 2. The number of nitrogens with one attached hydrogen (secondary N) is 2. The highest BCUT2D eigenvalue weighted by molar-refractivity contribution is 7.91. The van der Waals surface area contributed by atoms with Gasteiger partial charge in [-0.15, -0.1) is 0 Å². The molecule has 0 saturated heterocycles. The van der Waals surface area contributed by atoms with Gasteiger partial charge in [0.25, 0.3) is 0 Å². The maximum atomic E-state index is 12.3. The molecule has 0 heterocycles. The fourth-order valence-electron chi connectivity index (χ4n) is 1.47. The maximum Gasteiger partial charge on any atom is 0.341 e. The number of aliphatic hydroxyl groups is 1. The van der Waals surface area contributed by atoms with Gasteiger partial charge in [-0.25, -0.2) is 8.42 Å². The first-order valence-electron chi connectivity index (χ1n) is 6.09. The molecule has 0 bridgehead atoms. The highest BCUT2D eigenvalue weighted by Crippen LogP contribution is 2.19. The lowest BCUT2D eigenvalue weighted by molar-refractivity contribution is 0.192. The molecule has 0 aliphatic heterocycles. The van der Waals surface area contributed by atoms with Gasteiger partial charge in [-0.3, -0.25) is 0 Å². The number of hydrogen-bond acceptors (Lipinski definition) is 5. The number of benzene rings is 1. The highest BCUT2D eigenvalue weighted by Gasteiger charge is 2.26. The second-order valence-corrected chi connectivity index (χ2v) is 6.23. The van der Waals surface area contributed by atoms with Crippen LogP contribution in [0.25, 0.3) is 0 Å². The predicted molar refractivity (Wildman–Crippen MR) is 72.7 cm³/mol. The van der Waals surface area contributed by atoms with Gasteiger partial charge in [0.05, 0.1) is 11.0 Å². The fourth-order valence-corrected chi connectivity index (χ4v) is 2.19. The molecule has 1 rings (SSSR count). The number of halogens is 2. The molecule has 1 unspecified atom stereocenters. The molecule has 1 atom stereocenters. The lowest BCUT2D eigenvalue weighted by Gasteiger charge is -2.09. The first kappa shape index (κ1) is 16.8. The number of aliphatic hydroxyl groups excluding tert-OH is 1. The van der Waals surface area contributed by atoms with Crippen LogP contribution in [0.4, 0.5) is 14.5 Å². The van der Waals surface area contributed by atoms with Crippen LogP contribution in [0.15, 0.2) is 29.2 Å². The molecule has 0 spiro atoms. The molecule has 0 amide bonds. The van der Waals surface area contributed by atoms with Gasteiger partial charge in [0, 0.05) is 25.3 Å². The van der Waals surface area contributed by atoms with E-state index in [9.17, 15) is 17.2 Å². The van der Waals surface area contributed by atoms with Crippen LogP contribution < -0.4 is 10.6 Å². The van der Waals surface area contributed by atoms with E-state index in [-0.39, 0.29) is 0 Å². The number of sulfone groups is 1. The Morgan fingerprint density at radius 2 is 1.80 bits per heavy atom. The van der Waals surface area contributed by atoms with Crippen molar-refractivity contribution in [2.75, 3.05) is 25.0 Å². The van der Waals surface area contributed by atoms with E-state index >= 15 is 0 Å². The van der Waals surface area contributed by atoms with Gasteiger partial charge in [0.15, 0.2) is 0 Å². The summed E-state index contributed by atoms with van der Waals surface area (Å²) in [5, 5.41) is 15.0. The van der Waals surface area contributed by atoms with Gasteiger partial charge in [-0.1, -0.05) is 0 Å². The van der Waals surface area contributed by atoms with E-state index in [1.807, 2.05) is 0 Å². The topological polar surface area (TPSA) is 78.4 Å². The predicted octanol–water partition coefficient (Wildman–Crippen LogP) is 1.07. The molecule has 0 radical (unpaired) electrons. The smallest absolute Gasteiger partial charge is 0.341 e. The second-order valence-electron chi connectivity index (χ2n) is 4.31. The van der Waals surface area contributed by atoms with Gasteiger partial charge < -0.3 is 15.7 Å². The molecular weight excluding hydrogens is 290 g/mol. The van der Waals surface area contributed by atoms with Crippen molar-refractivity contribution in [3.05, 3.63) is 24.3 Å². The third-order valence-electron chi connectivity index (χ3n) is 2.49. The van der Waals surface area contributed by atoms with Crippen LogP contribution in [0.2, 0.25) is 0 Å². The Labute approximate surface area is 116 Å². The monoisotopic (exact) mass is 308 g/mol. The Bertz CT molecular complexity index is 504. The molecule has 114 valence electrons. The summed E-state index contributed by atoms with van der Waals surface area (Å²) in [6, 6.07) is 5.16. The van der Waals surface area contributed by atoms with Crippen LogP contribution in [0.5, 0.6) is 0 Å². The summed E-state index contributed by atoms with van der Waals surface area (Å²) >= 11 is 0. The summed E-state index contributed by atoms with van der Waals surface area (Å²) < 4.78 is 47.0. The molecule has 0 fully saturated rings. The van der Waals surface area contributed by atoms with E-state index in [1.54, 1.807) is 6.92 Å². The van der Waals surface area contributed by atoms with Crippen LogP contribution in [0.3, 0.4) is 0 Å². The minimum atomic E-state index is -4.53. The zero-order valence-corrected chi connectivity index (χ0v) is 11.8. The largest absolute Gasteiger partial charge is 0.392 e. The minimum Gasteiger partial charge on any atom is -0.392 e. The van der Waals surface area contributed by atoms with Crippen LogP contribution in [0, 0.1) is 0 Å². The van der Waals surface area contributed by atoms with Gasteiger partial charge in [-0.05, 0) is 31.2 Å². The van der Waals surface area contributed by atoms with E-state index in [0.717, 1.165) is 12.1 Å². The van der Waals surface area contributed by atoms with Crippen molar-refractivity contribution in [1.82, 2.24) is 5.32 Å². The molecule has 0 aliphatic rings. The third kappa shape index (κ3) is 5.03. The molecule has 8 heteroatoms. The van der Waals surface area contributed by atoms with Crippen molar-refractivity contribution in [2.24, 2.45) is 0 Å². The molecule has 3 N–H and O–H groups in total. The zero-order chi connectivity index (χ0) is 15.2. The third-order valence-corrected chi connectivity index (χ3v) is 3.89. The lowest BCUT2D eigenvalue weighted by atomic mass is 10.3. The van der Waals surface area contributed by atoms with Crippen LogP contribution in [-0.2, 0) is 9.84 Å². The van der Waals surface area contributed by atoms with Crippen molar-refractivity contribution in [2.45, 2.75) is 23.7 Å². The van der Waals surface area contributed by atoms with Crippen molar-refractivity contribution in [3.63, 3.8) is 0 Å². The summed E-state index contributed by atoms with van der Waals surface area (Å²) in [7, 11) is -4.53. The zero-order valence-electron chi connectivity index (χ0n) is 11.0. The van der Waals surface area contributed by atoms with Gasteiger partial charge in [0.1, 0.15) is 0 Å². The van der Waals surface area contributed by atoms with E-state index in [1.165, 1.54) is 12.1 Å². The Hall–Kier alpha value is -1.25. The molecule has 0 aliphatic carbocycles. The molecule has 5 nitrogen and oxygen atoms in total. The van der Waals surface area contributed by atoms with Gasteiger partial charge >= 0.3 is 5.76 Å². The van der Waals surface area contributed by atoms with Crippen molar-refractivity contribution in [1.29, 1.82) is 0 Å². The van der Waals surface area contributed by atoms with E-state index in [4.69, 9.17) is 5.11 Å². The number of anilines is 1. The highest BCUT2D eigenvalue weighted by atomic mass is 32.2. The summed E-state index contributed by atoms with van der Waals surface area (Å²) in [5.41, 5.74) is 0.636. The molecule has 0 aromatic heterocycles. The number of rotatable bonds is 8. The SMILES string of the molecule is CC(O)CNCCNc1ccc(S(=O)(=O)C(F)F)cc1.